The van der Waals surface area contributed by atoms with Gasteiger partial charge < -0.3 is 0 Å². The molecular weight excluding hydrogens is 152 g/mol. The smallest absolute Gasteiger partial charge is 0.136 e. The summed E-state index contributed by atoms with van der Waals surface area (Å²) in [5.41, 5.74) is 0. The lowest BCUT2D eigenvalue weighted by Crippen LogP contribution is -2.19. The summed E-state index contributed by atoms with van der Waals surface area (Å²) in [6, 6.07) is 0. The Labute approximate surface area is 72.3 Å². The molecule has 2 aliphatic carbocycles. The second kappa shape index (κ2) is 3.00. The van der Waals surface area contributed by atoms with Crippen LogP contribution in [-0.4, -0.2) is 11.6 Å². The predicted molar refractivity (Wildman–Crippen MR) is 44.7 cm³/mol. The van der Waals surface area contributed by atoms with Gasteiger partial charge in [-0.25, -0.2) is 0 Å². The SMILES string of the molecule is O=C1CCCC[C@H]2C(=O)CC[C@H]12. The number of rotatable bonds is 0. The molecular formula is C10H14O2. The van der Waals surface area contributed by atoms with Gasteiger partial charge in [0.2, 0.25) is 0 Å². The fraction of sp³-hybridized carbons (Fsp3) is 0.800. The molecule has 0 aromatic carbocycles. The van der Waals surface area contributed by atoms with Crippen molar-refractivity contribution in [3.05, 3.63) is 0 Å². The van der Waals surface area contributed by atoms with Crippen molar-refractivity contribution in [2.75, 3.05) is 0 Å². The zero-order chi connectivity index (χ0) is 8.55. The molecule has 0 aromatic heterocycles. The molecule has 2 atom stereocenters. The van der Waals surface area contributed by atoms with E-state index >= 15 is 0 Å². The highest BCUT2D eigenvalue weighted by Crippen LogP contribution is 2.36. The van der Waals surface area contributed by atoms with Gasteiger partial charge in [0, 0.05) is 24.7 Å². The highest BCUT2D eigenvalue weighted by molar-refractivity contribution is 5.93. The summed E-state index contributed by atoms with van der Waals surface area (Å²) in [5.74, 6) is 0.915. The lowest BCUT2D eigenvalue weighted by Gasteiger charge is -2.11. The Morgan fingerprint density at radius 3 is 2.33 bits per heavy atom. The third kappa shape index (κ3) is 1.19. The second-order valence-corrected chi connectivity index (χ2v) is 3.93. The molecule has 0 saturated heterocycles. The van der Waals surface area contributed by atoms with Gasteiger partial charge in [-0.1, -0.05) is 6.42 Å². The zero-order valence-corrected chi connectivity index (χ0v) is 7.21. The van der Waals surface area contributed by atoms with Crippen LogP contribution in [0.25, 0.3) is 0 Å². The van der Waals surface area contributed by atoms with E-state index in [4.69, 9.17) is 0 Å². The molecule has 0 aromatic rings. The highest BCUT2D eigenvalue weighted by Gasteiger charge is 2.39. The summed E-state index contributed by atoms with van der Waals surface area (Å²) in [4.78, 5) is 22.8. The van der Waals surface area contributed by atoms with Crippen LogP contribution in [-0.2, 0) is 9.59 Å². The Balaban J connectivity index is 2.18. The standard InChI is InChI=1S/C10H14O2/c11-9-4-2-1-3-7-8(9)5-6-10(7)12/h7-8H,1-6H2/t7-,8+/m1/s1. The number of carbonyl (C=O) groups excluding carboxylic acids is 2. The van der Waals surface area contributed by atoms with Gasteiger partial charge in [-0.2, -0.15) is 0 Å². The van der Waals surface area contributed by atoms with Crippen LogP contribution in [0.15, 0.2) is 0 Å². The van der Waals surface area contributed by atoms with E-state index in [1.807, 2.05) is 0 Å². The Bertz CT molecular complexity index is 220. The summed E-state index contributed by atoms with van der Waals surface area (Å²) >= 11 is 0. The number of hydrogen-bond acceptors (Lipinski definition) is 2. The van der Waals surface area contributed by atoms with Crippen LogP contribution < -0.4 is 0 Å². The summed E-state index contributed by atoms with van der Waals surface area (Å²) in [5, 5.41) is 0. The minimum Gasteiger partial charge on any atom is -0.299 e. The van der Waals surface area contributed by atoms with Gasteiger partial charge in [0.1, 0.15) is 11.6 Å². The van der Waals surface area contributed by atoms with Gasteiger partial charge in [0.05, 0.1) is 0 Å². The molecule has 12 heavy (non-hydrogen) atoms. The maximum absolute atomic E-state index is 11.5. The quantitative estimate of drug-likeness (QED) is 0.549. The summed E-state index contributed by atoms with van der Waals surface area (Å²) < 4.78 is 0. The first kappa shape index (κ1) is 7.96. The summed E-state index contributed by atoms with van der Waals surface area (Å²) in [7, 11) is 0. The number of hydrogen-bond donors (Lipinski definition) is 0. The molecule has 0 spiro atoms. The monoisotopic (exact) mass is 166 g/mol. The number of Topliss-reactive ketones (excluding diaryl/α,β-unsaturated/α-hetero) is 2. The Kier molecular flexibility index (Phi) is 1.99. The van der Waals surface area contributed by atoms with E-state index in [1.54, 1.807) is 0 Å². The Morgan fingerprint density at radius 2 is 1.50 bits per heavy atom. The van der Waals surface area contributed by atoms with Gasteiger partial charge in [-0.15, -0.1) is 0 Å². The molecule has 0 bridgehead atoms. The molecule has 0 radical (unpaired) electrons. The zero-order valence-electron chi connectivity index (χ0n) is 7.21. The third-order valence-corrected chi connectivity index (χ3v) is 3.20. The molecule has 2 rings (SSSR count). The first-order valence-corrected chi connectivity index (χ1v) is 4.84. The highest BCUT2D eigenvalue weighted by atomic mass is 16.1. The molecule has 0 aliphatic heterocycles. The molecule has 0 N–H and O–H groups in total. The first-order chi connectivity index (χ1) is 5.79. The van der Waals surface area contributed by atoms with Gasteiger partial charge in [0.25, 0.3) is 0 Å². The largest absolute Gasteiger partial charge is 0.299 e. The van der Waals surface area contributed by atoms with Crippen LogP contribution in [0.5, 0.6) is 0 Å². The summed E-state index contributed by atoms with van der Waals surface area (Å²) in [6.07, 6.45) is 5.24. The van der Waals surface area contributed by atoms with Gasteiger partial charge >= 0.3 is 0 Å². The van der Waals surface area contributed by atoms with Crippen molar-refractivity contribution in [1.29, 1.82) is 0 Å². The van der Waals surface area contributed by atoms with E-state index in [0.717, 1.165) is 25.7 Å². The van der Waals surface area contributed by atoms with Gasteiger partial charge in [-0.05, 0) is 19.3 Å². The molecule has 2 fully saturated rings. The van der Waals surface area contributed by atoms with Crippen LogP contribution >= 0.6 is 0 Å². The number of carbonyl (C=O) groups is 2. The fourth-order valence-corrected chi connectivity index (χ4v) is 2.51. The maximum atomic E-state index is 11.5. The molecule has 2 aliphatic rings. The van der Waals surface area contributed by atoms with Gasteiger partial charge in [0.15, 0.2) is 0 Å². The van der Waals surface area contributed by atoms with Crippen molar-refractivity contribution in [2.24, 2.45) is 11.8 Å². The third-order valence-electron chi connectivity index (χ3n) is 3.20. The molecule has 2 heteroatoms. The van der Waals surface area contributed by atoms with E-state index in [2.05, 4.69) is 0 Å². The van der Waals surface area contributed by atoms with Crippen LogP contribution in [0.3, 0.4) is 0 Å². The fourth-order valence-electron chi connectivity index (χ4n) is 2.51. The minimum atomic E-state index is 0.111. The van der Waals surface area contributed by atoms with Crippen molar-refractivity contribution in [3.8, 4) is 0 Å². The van der Waals surface area contributed by atoms with Crippen molar-refractivity contribution >= 4 is 11.6 Å². The molecule has 2 saturated carbocycles. The van der Waals surface area contributed by atoms with E-state index in [9.17, 15) is 9.59 Å². The van der Waals surface area contributed by atoms with Crippen molar-refractivity contribution < 1.29 is 9.59 Å². The lowest BCUT2D eigenvalue weighted by atomic mass is 9.90. The normalized spacial score (nSPS) is 36.3. The Morgan fingerprint density at radius 1 is 0.833 bits per heavy atom. The summed E-state index contributed by atoms with van der Waals surface area (Å²) in [6.45, 7) is 0. The molecule has 2 nitrogen and oxygen atoms in total. The van der Waals surface area contributed by atoms with E-state index in [1.165, 1.54) is 0 Å². The molecule has 0 unspecified atom stereocenters. The predicted octanol–water partition coefficient (Wildman–Crippen LogP) is 1.72. The Hall–Kier alpha value is -0.660. The van der Waals surface area contributed by atoms with Crippen LogP contribution in [0.4, 0.5) is 0 Å². The van der Waals surface area contributed by atoms with Crippen LogP contribution in [0.1, 0.15) is 38.5 Å². The topological polar surface area (TPSA) is 34.1 Å². The van der Waals surface area contributed by atoms with Crippen molar-refractivity contribution in [2.45, 2.75) is 38.5 Å². The molecule has 0 heterocycles. The van der Waals surface area contributed by atoms with E-state index in [0.29, 0.717) is 24.4 Å². The first-order valence-electron chi connectivity index (χ1n) is 4.84. The maximum Gasteiger partial charge on any atom is 0.136 e. The van der Waals surface area contributed by atoms with Crippen LogP contribution in [0.2, 0.25) is 0 Å². The van der Waals surface area contributed by atoms with Crippen molar-refractivity contribution in [3.63, 3.8) is 0 Å². The van der Waals surface area contributed by atoms with E-state index in [-0.39, 0.29) is 11.8 Å². The number of fused-ring (bicyclic) bond motifs is 1. The molecule has 66 valence electrons. The number of ketones is 2. The van der Waals surface area contributed by atoms with Crippen LogP contribution in [0, 0.1) is 11.8 Å². The molecule has 0 amide bonds. The lowest BCUT2D eigenvalue weighted by molar-refractivity contribution is -0.127. The van der Waals surface area contributed by atoms with E-state index < -0.39 is 0 Å². The minimum absolute atomic E-state index is 0.111. The van der Waals surface area contributed by atoms with Gasteiger partial charge in [-0.3, -0.25) is 9.59 Å². The average molecular weight is 166 g/mol. The second-order valence-electron chi connectivity index (χ2n) is 3.93. The average Bonchev–Trinajstić information content (AvgIpc) is 2.30. The van der Waals surface area contributed by atoms with Crippen molar-refractivity contribution in [1.82, 2.24) is 0 Å².